The van der Waals surface area contributed by atoms with Crippen molar-refractivity contribution in [2.75, 3.05) is 33.2 Å². The van der Waals surface area contributed by atoms with E-state index in [1.807, 2.05) is 66.6 Å². The number of hydrogen-bond donors (Lipinski definition) is 1. The van der Waals surface area contributed by atoms with Crippen LogP contribution >= 0.6 is 0 Å². The van der Waals surface area contributed by atoms with Crippen molar-refractivity contribution in [2.45, 2.75) is 19.5 Å². The van der Waals surface area contributed by atoms with Crippen LogP contribution in [-0.4, -0.2) is 43.4 Å². The van der Waals surface area contributed by atoms with Crippen molar-refractivity contribution in [2.24, 2.45) is 0 Å². The molecule has 1 N–H and O–H groups in total. The molecule has 1 aliphatic rings. The fourth-order valence-electron chi connectivity index (χ4n) is 4.13. The van der Waals surface area contributed by atoms with Crippen LogP contribution in [0, 0.1) is 6.92 Å². The van der Waals surface area contributed by atoms with Crippen LogP contribution in [0.5, 0.6) is 17.2 Å². The van der Waals surface area contributed by atoms with E-state index in [1.54, 1.807) is 21.3 Å². The third-order valence-corrected chi connectivity index (χ3v) is 5.57. The number of urea groups is 1. The second-order valence-electron chi connectivity index (χ2n) is 7.48. The van der Waals surface area contributed by atoms with Crippen molar-refractivity contribution >= 4 is 11.7 Å². The standard InChI is InChI=1S/C24H27N3O4/c1-16-7-5-8-18(13-16)25-24(28)27-12-11-26-10-6-9-19(26)22(27)17-14-20(29-2)23(31-4)21(15-17)30-3/h5-10,13-15,22H,11-12H2,1-4H3,(H,25,28). The molecule has 2 heterocycles. The zero-order valence-electron chi connectivity index (χ0n) is 18.2. The number of carbonyl (C=O) groups is 1. The van der Waals surface area contributed by atoms with Crippen LogP contribution in [-0.2, 0) is 6.54 Å². The Morgan fingerprint density at radius 3 is 2.35 bits per heavy atom. The highest BCUT2D eigenvalue weighted by molar-refractivity contribution is 5.90. The highest BCUT2D eigenvalue weighted by Crippen LogP contribution is 2.43. The van der Waals surface area contributed by atoms with Gasteiger partial charge in [-0.15, -0.1) is 0 Å². The minimum Gasteiger partial charge on any atom is -0.493 e. The molecule has 3 aromatic rings. The molecule has 0 fully saturated rings. The van der Waals surface area contributed by atoms with Gasteiger partial charge in [0, 0.05) is 30.7 Å². The number of aromatic nitrogens is 1. The molecule has 2 amide bonds. The summed E-state index contributed by atoms with van der Waals surface area (Å²) in [4.78, 5) is 15.2. The Labute approximate surface area is 182 Å². The number of anilines is 1. The number of benzene rings is 2. The fourth-order valence-corrected chi connectivity index (χ4v) is 4.13. The lowest BCUT2D eigenvalue weighted by Crippen LogP contribution is -2.44. The number of amides is 2. The zero-order valence-corrected chi connectivity index (χ0v) is 18.2. The van der Waals surface area contributed by atoms with Crippen molar-refractivity contribution in [1.82, 2.24) is 9.47 Å². The first-order chi connectivity index (χ1) is 15.0. The normalized spacial score (nSPS) is 15.2. The molecule has 162 valence electrons. The van der Waals surface area contributed by atoms with Gasteiger partial charge in [0.05, 0.1) is 27.4 Å². The van der Waals surface area contributed by atoms with Gasteiger partial charge in [0.2, 0.25) is 5.75 Å². The zero-order chi connectivity index (χ0) is 22.0. The highest BCUT2D eigenvalue weighted by Gasteiger charge is 2.33. The maximum Gasteiger partial charge on any atom is 0.322 e. The molecular weight excluding hydrogens is 394 g/mol. The van der Waals surface area contributed by atoms with E-state index in [0.29, 0.717) is 23.8 Å². The predicted molar refractivity (Wildman–Crippen MR) is 119 cm³/mol. The van der Waals surface area contributed by atoms with E-state index in [1.165, 1.54) is 0 Å². The Kier molecular flexibility index (Phi) is 5.75. The molecular formula is C24H27N3O4. The van der Waals surface area contributed by atoms with Crippen LogP contribution in [0.4, 0.5) is 10.5 Å². The van der Waals surface area contributed by atoms with Gasteiger partial charge in [-0.2, -0.15) is 0 Å². The van der Waals surface area contributed by atoms with Gasteiger partial charge in [-0.25, -0.2) is 4.79 Å². The van der Waals surface area contributed by atoms with Crippen molar-refractivity contribution < 1.29 is 19.0 Å². The number of nitrogens with one attached hydrogen (secondary N) is 1. The molecule has 2 aromatic carbocycles. The lowest BCUT2D eigenvalue weighted by Gasteiger charge is -2.37. The third-order valence-electron chi connectivity index (χ3n) is 5.57. The lowest BCUT2D eigenvalue weighted by molar-refractivity contribution is 0.181. The minimum atomic E-state index is -0.303. The van der Waals surface area contributed by atoms with Crippen LogP contribution < -0.4 is 19.5 Å². The van der Waals surface area contributed by atoms with Gasteiger partial charge in [0.25, 0.3) is 0 Å². The molecule has 1 aromatic heterocycles. The maximum absolute atomic E-state index is 13.3. The summed E-state index contributed by atoms with van der Waals surface area (Å²) < 4.78 is 18.7. The summed E-state index contributed by atoms with van der Waals surface area (Å²) in [6, 6.07) is 15.2. The van der Waals surface area contributed by atoms with Crippen LogP contribution in [0.1, 0.15) is 22.9 Å². The van der Waals surface area contributed by atoms with Gasteiger partial charge in [0.1, 0.15) is 0 Å². The number of methoxy groups -OCH3 is 3. The molecule has 0 spiro atoms. The summed E-state index contributed by atoms with van der Waals surface area (Å²) in [6.07, 6.45) is 2.04. The lowest BCUT2D eigenvalue weighted by atomic mass is 9.99. The van der Waals surface area contributed by atoms with Crippen molar-refractivity contribution in [3.05, 3.63) is 71.5 Å². The van der Waals surface area contributed by atoms with Crippen LogP contribution in [0.3, 0.4) is 0 Å². The van der Waals surface area contributed by atoms with E-state index in [-0.39, 0.29) is 12.1 Å². The van der Waals surface area contributed by atoms with E-state index in [9.17, 15) is 4.79 Å². The first-order valence-corrected chi connectivity index (χ1v) is 10.1. The monoisotopic (exact) mass is 421 g/mol. The molecule has 4 rings (SSSR count). The van der Waals surface area contributed by atoms with Crippen LogP contribution in [0.25, 0.3) is 0 Å². The predicted octanol–water partition coefficient (Wildman–Crippen LogP) is 4.46. The number of hydrogen-bond acceptors (Lipinski definition) is 4. The molecule has 1 aliphatic heterocycles. The summed E-state index contributed by atoms with van der Waals surface area (Å²) in [7, 11) is 4.76. The van der Waals surface area contributed by atoms with Crippen molar-refractivity contribution in [1.29, 1.82) is 0 Å². The molecule has 0 saturated carbocycles. The Bertz CT molecular complexity index is 1070. The van der Waals surface area contributed by atoms with Gasteiger partial charge in [0.15, 0.2) is 11.5 Å². The van der Waals surface area contributed by atoms with Crippen LogP contribution in [0.2, 0.25) is 0 Å². The van der Waals surface area contributed by atoms with Gasteiger partial charge in [-0.3, -0.25) is 0 Å². The highest BCUT2D eigenvalue weighted by atomic mass is 16.5. The fraction of sp³-hybridized carbons (Fsp3) is 0.292. The first-order valence-electron chi connectivity index (χ1n) is 10.1. The molecule has 0 aliphatic carbocycles. The van der Waals surface area contributed by atoms with E-state index < -0.39 is 0 Å². The maximum atomic E-state index is 13.3. The second kappa shape index (κ2) is 8.63. The molecule has 1 unspecified atom stereocenters. The molecule has 0 radical (unpaired) electrons. The van der Waals surface area contributed by atoms with E-state index >= 15 is 0 Å². The summed E-state index contributed by atoms with van der Waals surface area (Å²) in [5.41, 5.74) is 3.77. The largest absolute Gasteiger partial charge is 0.493 e. The third kappa shape index (κ3) is 3.91. The van der Waals surface area contributed by atoms with Crippen molar-refractivity contribution in [3.8, 4) is 17.2 Å². The Hall–Kier alpha value is -3.61. The van der Waals surface area contributed by atoms with E-state index in [4.69, 9.17) is 14.2 Å². The Balaban J connectivity index is 1.76. The molecule has 0 saturated heterocycles. The molecule has 7 heteroatoms. The van der Waals surface area contributed by atoms with Gasteiger partial charge < -0.3 is 29.0 Å². The number of aryl methyl sites for hydroxylation is 1. The molecule has 7 nitrogen and oxygen atoms in total. The van der Waals surface area contributed by atoms with Gasteiger partial charge in [-0.1, -0.05) is 12.1 Å². The average Bonchev–Trinajstić information content (AvgIpc) is 3.26. The number of fused-ring (bicyclic) bond motifs is 1. The summed E-state index contributed by atoms with van der Waals surface area (Å²) in [5, 5.41) is 3.05. The summed E-state index contributed by atoms with van der Waals surface area (Å²) >= 11 is 0. The van der Waals surface area contributed by atoms with Crippen molar-refractivity contribution in [3.63, 3.8) is 0 Å². The minimum absolute atomic E-state index is 0.156. The van der Waals surface area contributed by atoms with Gasteiger partial charge in [-0.05, 0) is 54.4 Å². The smallest absolute Gasteiger partial charge is 0.322 e. The quantitative estimate of drug-likeness (QED) is 0.661. The molecule has 0 bridgehead atoms. The summed E-state index contributed by atoms with van der Waals surface area (Å²) in [5.74, 6) is 1.63. The molecule has 31 heavy (non-hydrogen) atoms. The topological polar surface area (TPSA) is 65.0 Å². The second-order valence-corrected chi connectivity index (χ2v) is 7.48. The SMILES string of the molecule is COc1cc(C2c3cccn3CCN2C(=O)Nc2cccc(C)c2)cc(OC)c1OC. The van der Waals surface area contributed by atoms with E-state index in [0.717, 1.165) is 29.1 Å². The Morgan fingerprint density at radius 2 is 1.71 bits per heavy atom. The Morgan fingerprint density at radius 1 is 0.968 bits per heavy atom. The first kappa shape index (κ1) is 20.7. The number of rotatable bonds is 5. The van der Waals surface area contributed by atoms with E-state index in [2.05, 4.69) is 9.88 Å². The summed E-state index contributed by atoms with van der Waals surface area (Å²) in [6.45, 7) is 3.30. The number of carbonyl (C=O) groups excluding carboxylic acids is 1. The molecule has 1 atom stereocenters. The average molecular weight is 421 g/mol. The number of ether oxygens (including phenoxy) is 3. The van der Waals surface area contributed by atoms with Gasteiger partial charge >= 0.3 is 6.03 Å². The van der Waals surface area contributed by atoms with Crippen LogP contribution in [0.15, 0.2) is 54.7 Å². The number of nitrogens with zero attached hydrogens (tertiary/aromatic N) is 2.